The number of likely N-dealkylation sites (tertiary alicyclic amines) is 2. The van der Waals surface area contributed by atoms with Gasteiger partial charge >= 0.3 is 11.7 Å². The highest BCUT2D eigenvalue weighted by atomic mass is 16.2. The lowest BCUT2D eigenvalue weighted by atomic mass is 9.60. The Morgan fingerprint density at radius 1 is 1.09 bits per heavy atom. The molecule has 1 aromatic carbocycles. The Morgan fingerprint density at radius 2 is 1.88 bits per heavy atom. The van der Waals surface area contributed by atoms with E-state index in [2.05, 4.69) is 27.3 Å². The van der Waals surface area contributed by atoms with Gasteiger partial charge in [0.05, 0.1) is 5.69 Å². The second kappa shape index (κ2) is 9.48. The third kappa shape index (κ3) is 4.73. The van der Waals surface area contributed by atoms with E-state index in [4.69, 9.17) is 11.5 Å². The zero-order chi connectivity index (χ0) is 23.7. The predicted octanol–water partition coefficient (Wildman–Crippen LogP) is 1.54. The van der Waals surface area contributed by atoms with Gasteiger partial charge in [0.2, 0.25) is 0 Å². The monoisotopic (exact) mass is 465 g/mol. The largest absolute Gasteiger partial charge is 0.354 e. The SMILES string of the molecule is NC1CCCN(CCc2ccc(-n3ccc(NC(=O)N4CC5(CCC5N)C4)nc3=O)cc2)CC1. The second-order valence-corrected chi connectivity index (χ2v) is 10.2. The van der Waals surface area contributed by atoms with Crippen molar-refractivity contribution in [2.24, 2.45) is 16.9 Å². The van der Waals surface area contributed by atoms with E-state index in [0.29, 0.717) is 19.1 Å². The second-order valence-electron chi connectivity index (χ2n) is 10.2. The fourth-order valence-corrected chi connectivity index (χ4v) is 5.34. The van der Waals surface area contributed by atoms with Crippen LogP contribution in [0.4, 0.5) is 10.6 Å². The fourth-order valence-electron chi connectivity index (χ4n) is 5.34. The Morgan fingerprint density at radius 3 is 2.56 bits per heavy atom. The summed E-state index contributed by atoms with van der Waals surface area (Å²) in [6.07, 6.45) is 8.08. The van der Waals surface area contributed by atoms with Crippen molar-refractivity contribution in [3.63, 3.8) is 0 Å². The summed E-state index contributed by atoms with van der Waals surface area (Å²) in [4.78, 5) is 33.3. The Labute approximate surface area is 200 Å². The van der Waals surface area contributed by atoms with Gasteiger partial charge in [0.15, 0.2) is 0 Å². The number of benzene rings is 1. The van der Waals surface area contributed by atoms with Crippen LogP contribution >= 0.6 is 0 Å². The number of nitrogens with one attached hydrogen (secondary N) is 1. The standard InChI is InChI=1S/C25H35N7O2/c26-19-2-1-12-30(14-9-19)13-8-18-3-5-20(6-4-18)32-15-10-22(29-24(32)34)28-23(33)31-16-25(17-31)11-7-21(25)27/h3-6,10,15,19,21H,1-2,7-9,11-14,16-17,26-27H2,(H,28,29,33,34). The van der Waals surface area contributed by atoms with Crippen molar-refractivity contribution in [1.29, 1.82) is 0 Å². The van der Waals surface area contributed by atoms with Crippen LogP contribution in [0.25, 0.3) is 5.69 Å². The molecule has 9 heteroatoms. The van der Waals surface area contributed by atoms with Gasteiger partial charge in [-0.3, -0.25) is 9.88 Å². The van der Waals surface area contributed by atoms with E-state index in [1.807, 2.05) is 12.1 Å². The van der Waals surface area contributed by atoms with Crippen molar-refractivity contribution in [1.82, 2.24) is 19.4 Å². The third-order valence-electron chi connectivity index (χ3n) is 7.87. The van der Waals surface area contributed by atoms with Gasteiger partial charge in [0.25, 0.3) is 0 Å². The van der Waals surface area contributed by atoms with Crippen molar-refractivity contribution in [2.75, 3.05) is 38.0 Å². The zero-order valence-corrected chi connectivity index (χ0v) is 19.7. The average molecular weight is 466 g/mol. The number of urea groups is 1. The number of aromatic nitrogens is 2. The van der Waals surface area contributed by atoms with Gasteiger partial charge in [0, 0.05) is 43.3 Å². The molecule has 2 unspecified atom stereocenters. The Hall–Kier alpha value is -2.75. The molecule has 3 heterocycles. The molecule has 5 rings (SSSR count). The topological polar surface area (TPSA) is 123 Å². The Balaban J connectivity index is 1.15. The lowest BCUT2D eigenvalue weighted by Gasteiger charge is -2.59. The lowest BCUT2D eigenvalue weighted by Crippen LogP contribution is -2.70. The molecule has 34 heavy (non-hydrogen) atoms. The summed E-state index contributed by atoms with van der Waals surface area (Å²) in [5.41, 5.74) is 13.8. The van der Waals surface area contributed by atoms with Gasteiger partial charge in [-0.25, -0.2) is 9.59 Å². The number of amides is 2. The molecule has 0 radical (unpaired) electrons. The number of anilines is 1. The Kier molecular flexibility index (Phi) is 6.42. The number of nitrogens with zero attached hydrogens (tertiary/aromatic N) is 4. The molecule has 2 aliphatic heterocycles. The van der Waals surface area contributed by atoms with Crippen LogP contribution < -0.4 is 22.5 Å². The quantitative estimate of drug-likeness (QED) is 0.616. The van der Waals surface area contributed by atoms with E-state index in [0.717, 1.165) is 57.4 Å². The number of carbonyl (C=O) groups is 1. The van der Waals surface area contributed by atoms with Crippen molar-refractivity contribution in [3.8, 4) is 5.69 Å². The molecule has 2 aromatic rings. The molecular weight excluding hydrogens is 430 g/mol. The van der Waals surface area contributed by atoms with Gasteiger partial charge in [-0.2, -0.15) is 4.98 Å². The molecule has 182 valence electrons. The maximum Gasteiger partial charge on any atom is 0.354 e. The molecule has 1 saturated carbocycles. The predicted molar refractivity (Wildman–Crippen MR) is 132 cm³/mol. The molecule has 2 amide bonds. The van der Waals surface area contributed by atoms with E-state index < -0.39 is 5.69 Å². The molecule has 3 fully saturated rings. The first-order chi connectivity index (χ1) is 16.4. The fraction of sp³-hybridized carbons (Fsp3) is 0.560. The van der Waals surface area contributed by atoms with Crippen LogP contribution in [-0.2, 0) is 6.42 Å². The molecule has 1 aliphatic carbocycles. The minimum Gasteiger partial charge on any atom is -0.328 e. The first-order valence-corrected chi connectivity index (χ1v) is 12.4. The van der Waals surface area contributed by atoms with Crippen LogP contribution in [0.1, 0.15) is 37.7 Å². The van der Waals surface area contributed by atoms with Gasteiger partial charge in [-0.15, -0.1) is 0 Å². The van der Waals surface area contributed by atoms with E-state index in [1.54, 1.807) is 17.2 Å². The van der Waals surface area contributed by atoms with Crippen molar-refractivity contribution >= 4 is 11.8 Å². The number of carbonyl (C=O) groups excluding carboxylic acids is 1. The minimum atomic E-state index is -0.424. The summed E-state index contributed by atoms with van der Waals surface area (Å²) < 4.78 is 1.49. The summed E-state index contributed by atoms with van der Waals surface area (Å²) in [5.74, 6) is 0.263. The van der Waals surface area contributed by atoms with Crippen molar-refractivity contribution in [3.05, 3.63) is 52.6 Å². The normalized spacial score (nSPS) is 24.2. The average Bonchev–Trinajstić information content (AvgIpc) is 3.00. The van der Waals surface area contributed by atoms with Crippen LogP contribution in [-0.4, -0.2) is 70.2 Å². The van der Waals surface area contributed by atoms with Gasteiger partial charge in [-0.1, -0.05) is 12.1 Å². The van der Waals surface area contributed by atoms with Crippen molar-refractivity contribution < 1.29 is 4.79 Å². The lowest BCUT2D eigenvalue weighted by molar-refractivity contribution is -0.0492. The summed E-state index contributed by atoms with van der Waals surface area (Å²) >= 11 is 0. The van der Waals surface area contributed by atoms with Crippen LogP contribution in [0.3, 0.4) is 0 Å². The van der Waals surface area contributed by atoms with E-state index in [9.17, 15) is 9.59 Å². The number of hydrogen-bond acceptors (Lipinski definition) is 6. The number of nitrogens with two attached hydrogens (primary N) is 2. The highest BCUT2D eigenvalue weighted by Gasteiger charge is 2.54. The highest BCUT2D eigenvalue weighted by Crippen LogP contribution is 2.47. The molecule has 0 bridgehead atoms. The van der Waals surface area contributed by atoms with Crippen molar-refractivity contribution in [2.45, 2.75) is 50.6 Å². The summed E-state index contributed by atoms with van der Waals surface area (Å²) in [6.45, 7) is 4.55. The molecule has 2 saturated heterocycles. The van der Waals surface area contributed by atoms with E-state index in [-0.39, 0.29) is 23.3 Å². The Bertz CT molecular complexity index is 1080. The van der Waals surface area contributed by atoms with Crippen LogP contribution in [0.15, 0.2) is 41.3 Å². The first-order valence-electron chi connectivity index (χ1n) is 12.4. The zero-order valence-electron chi connectivity index (χ0n) is 19.7. The maximum absolute atomic E-state index is 12.6. The maximum atomic E-state index is 12.6. The van der Waals surface area contributed by atoms with Gasteiger partial charge in [-0.05, 0) is 75.4 Å². The van der Waals surface area contributed by atoms with Gasteiger partial charge in [0.1, 0.15) is 5.82 Å². The number of hydrogen-bond donors (Lipinski definition) is 3. The first kappa shape index (κ1) is 23.0. The molecular formula is C25H35N7O2. The smallest absolute Gasteiger partial charge is 0.328 e. The molecule has 2 atom stereocenters. The molecule has 5 N–H and O–H groups in total. The van der Waals surface area contributed by atoms with E-state index in [1.165, 1.54) is 16.6 Å². The van der Waals surface area contributed by atoms with Gasteiger partial charge < -0.3 is 21.3 Å². The minimum absolute atomic E-state index is 0.112. The number of rotatable bonds is 5. The van der Waals surface area contributed by atoms with Crippen LogP contribution in [0, 0.1) is 5.41 Å². The summed E-state index contributed by atoms with van der Waals surface area (Å²) in [6, 6.07) is 9.96. The summed E-state index contributed by atoms with van der Waals surface area (Å²) in [5, 5.41) is 2.74. The van der Waals surface area contributed by atoms with Crippen LogP contribution in [0.5, 0.6) is 0 Å². The molecule has 9 nitrogen and oxygen atoms in total. The third-order valence-corrected chi connectivity index (χ3v) is 7.87. The van der Waals surface area contributed by atoms with E-state index >= 15 is 0 Å². The van der Waals surface area contributed by atoms with Crippen LogP contribution in [0.2, 0.25) is 0 Å². The highest BCUT2D eigenvalue weighted by molar-refractivity contribution is 5.89. The molecule has 3 aliphatic rings. The molecule has 1 spiro atoms. The summed E-state index contributed by atoms with van der Waals surface area (Å²) in [7, 11) is 0. The molecule has 1 aromatic heterocycles.